The quantitative estimate of drug-likeness (QED) is 0.108. The maximum absolute atomic E-state index is 2.56. The van der Waals surface area contributed by atoms with Gasteiger partial charge in [0.1, 0.15) is 0 Å². The van der Waals surface area contributed by atoms with Crippen LogP contribution in [0.2, 0.25) is 0 Å². The third-order valence-corrected chi connectivity index (χ3v) is 16.4. The van der Waals surface area contributed by atoms with Crippen molar-refractivity contribution in [1.29, 1.82) is 0 Å². The molecule has 0 aromatic heterocycles. The molecule has 58 heavy (non-hydrogen) atoms. The van der Waals surface area contributed by atoms with E-state index in [9.17, 15) is 0 Å². The van der Waals surface area contributed by atoms with Gasteiger partial charge in [-0.05, 0) is 265 Å². The zero-order valence-corrected chi connectivity index (χ0v) is 30.5. The SMILES string of the molecule is c1cc2cc3cc4ccc5cc6cc7cc8cccc9cc%10cc%11ccc%12cc%13cc%14cc(c1)c2c1c3c2c4c5c3c6c4c7c(c98)c%10c5c%11c%12c6c%13c(c%141)c2c3c6c54. The molecular weight excluding hydrogens is 697 g/mol. The van der Waals surface area contributed by atoms with E-state index >= 15 is 0 Å². The first-order valence-corrected chi connectivity index (χ1v) is 20.8. The Labute approximate surface area is 324 Å². The predicted molar refractivity (Wildman–Crippen MR) is 253 cm³/mol. The van der Waals surface area contributed by atoms with Gasteiger partial charge in [-0.2, -0.15) is 0 Å². The number of rotatable bonds is 0. The Kier molecular flexibility index (Phi) is 3.20. The van der Waals surface area contributed by atoms with Gasteiger partial charge in [0, 0.05) is 0 Å². The van der Waals surface area contributed by atoms with E-state index in [-0.39, 0.29) is 0 Å². The first kappa shape index (κ1) is 25.6. The van der Waals surface area contributed by atoms with Gasteiger partial charge in [-0.1, -0.05) is 60.7 Å². The fourth-order valence-electron chi connectivity index (χ4n) is 14.8. The van der Waals surface area contributed by atoms with Crippen molar-refractivity contribution in [2.45, 2.75) is 0 Å². The van der Waals surface area contributed by atoms with E-state index in [0.29, 0.717) is 0 Å². The average molecular weight is 717 g/mol. The largest absolute Gasteiger partial charge is 0.0610 e. The molecule has 0 spiro atoms. The van der Waals surface area contributed by atoms with E-state index in [0.717, 1.165) is 0 Å². The highest BCUT2D eigenvalue weighted by Gasteiger charge is 2.35. The smallest absolute Gasteiger partial charge is 0.00000152 e. The second kappa shape index (κ2) is 7.26. The summed E-state index contributed by atoms with van der Waals surface area (Å²) in [7, 11) is 0. The second-order valence-electron chi connectivity index (χ2n) is 18.5. The van der Waals surface area contributed by atoms with E-state index < -0.39 is 0 Å². The molecule has 0 aliphatic carbocycles. The summed E-state index contributed by atoms with van der Waals surface area (Å²) in [6.45, 7) is 0. The van der Waals surface area contributed by atoms with E-state index in [2.05, 4.69) is 121 Å². The van der Waals surface area contributed by atoms with E-state index in [4.69, 9.17) is 0 Å². The molecule has 20 rings (SSSR count). The molecule has 0 heteroatoms. The van der Waals surface area contributed by atoms with Crippen molar-refractivity contribution in [3.8, 4) is 0 Å². The Bertz CT molecular complexity index is 4890. The summed E-state index contributed by atoms with van der Waals surface area (Å²) in [4.78, 5) is 0. The molecule has 0 atom stereocenters. The zero-order chi connectivity index (χ0) is 36.1. The van der Waals surface area contributed by atoms with E-state index in [1.54, 1.807) is 0 Å². The van der Waals surface area contributed by atoms with Gasteiger partial charge in [0.25, 0.3) is 0 Å². The monoisotopic (exact) mass is 716 g/mol. The molecule has 0 saturated heterocycles. The lowest BCUT2D eigenvalue weighted by atomic mass is 9.70. The number of hydrogen-bond donors (Lipinski definition) is 0. The highest BCUT2D eigenvalue weighted by atomic mass is 14.4. The Balaban J connectivity index is 1.30. The normalized spacial score (nSPS) is 14.6. The molecule has 0 nitrogen and oxygen atoms in total. The third-order valence-electron chi connectivity index (χ3n) is 16.4. The first-order chi connectivity index (χ1) is 28.8. The van der Waals surface area contributed by atoms with Crippen molar-refractivity contribution in [2.24, 2.45) is 0 Å². The van der Waals surface area contributed by atoms with Crippen LogP contribution in [0.25, 0.3) is 205 Å². The average Bonchev–Trinajstić information content (AvgIpc) is 3.24. The maximum Gasteiger partial charge on any atom is -0.00000152 e. The first-order valence-electron chi connectivity index (χ1n) is 20.8. The summed E-state index contributed by atoms with van der Waals surface area (Å²) in [6.07, 6.45) is 0. The molecule has 0 aliphatic heterocycles. The lowest BCUT2D eigenvalue weighted by Gasteiger charge is -2.32. The van der Waals surface area contributed by atoms with Crippen molar-refractivity contribution < 1.29 is 0 Å². The summed E-state index contributed by atoms with van der Waals surface area (Å²) < 4.78 is 0. The van der Waals surface area contributed by atoms with E-state index in [1.807, 2.05) is 0 Å². The van der Waals surface area contributed by atoms with Gasteiger partial charge in [0.15, 0.2) is 0 Å². The van der Waals surface area contributed by atoms with Gasteiger partial charge in [0.2, 0.25) is 0 Å². The van der Waals surface area contributed by atoms with Crippen molar-refractivity contribution in [1.82, 2.24) is 0 Å². The van der Waals surface area contributed by atoms with Crippen LogP contribution in [-0.4, -0.2) is 0 Å². The fraction of sp³-hybridized carbons (Fsp3) is 0. The van der Waals surface area contributed by atoms with Crippen LogP contribution < -0.4 is 0 Å². The molecule has 0 unspecified atom stereocenters. The van der Waals surface area contributed by atoms with Crippen LogP contribution in [0.4, 0.5) is 0 Å². The highest BCUT2D eigenvalue weighted by molar-refractivity contribution is 6.66. The van der Waals surface area contributed by atoms with Crippen LogP contribution in [0, 0.1) is 0 Å². The molecule has 0 bridgehead atoms. The van der Waals surface area contributed by atoms with E-state index in [1.165, 1.54) is 205 Å². The van der Waals surface area contributed by atoms with Crippen LogP contribution in [0.15, 0.2) is 121 Å². The summed E-state index contributed by atoms with van der Waals surface area (Å²) in [5.74, 6) is 0. The summed E-state index contributed by atoms with van der Waals surface area (Å²) in [6, 6.07) is 48.9. The summed E-state index contributed by atoms with van der Waals surface area (Å²) in [5, 5.41) is 54.4. The molecule has 20 aromatic carbocycles. The Morgan fingerprint density at radius 1 is 0.121 bits per heavy atom. The zero-order valence-electron chi connectivity index (χ0n) is 30.5. The molecule has 0 radical (unpaired) electrons. The molecule has 20 aromatic rings. The Morgan fingerprint density at radius 2 is 0.276 bits per heavy atom. The molecule has 0 amide bonds. The van der Waals surface area contributed by atoms with Gasteiger partial charge in [-0.15, -0.1) is 0 Å². The molecule has 252 valence electrons. The van der Waals surface area contributed by atoms with Crippen molar-refractivity contribution in [3.63, 3.8) is 0 Å². The van der Waals surface area contributed by atoms with Gasteiger partial charge in [-0.3, -0.25) is 0 Å². The van der Waals surface area contributed by atoms with Crippen LogP contribution in [0.3, 0.4) is 0 Å². The summed E-state index contributed by atoms with van der Waals surface area (Å²) in [5.41, 5.74) is 0. The van der Waals surface area contributed by atoms with Crippen molar-refractivity contribution in [3.05, 3.63) is 121 Å². The molecule has 0 saturated carbocycles. The number of hydrogen-bond acceptors (Lipinski definition) is 0. The molecule has 0 heterocycles. The van der Waals surface area contributed by atoms with Crippen LogP contribution in [-0.2, 0) is 0 Å². The summed E-state index contributed by atoms with van der Waals surface area (Å²) >= 11 is 0. The standard InChI is InChI=1S/C58H20/c1-3-21-11-29-15-25-7-9-28-18-34-20-32-14-24-6-2-4-22-12-30-16-26-8-10-27-17-33-19-31-13-23(5-1)35(21)47-41(29)49-37(25)39(28)52-46(34)54-44(32)48(36(22)24)42(30)50-38(26)40(27)51-45(33)53(43(31)47)55(49)57(52)58(51)56(50)54/h1-20H. The minimum Gasteiger partial charge on any atom is -0.0610 e. The van der Waals surface area contributed by atoms with Crippen LogP contribution >= 0.6 is 0 Å². The molecule has 0 aliphatic rings. The topological polar surface area (TPSA) is 0 Å². The van der Waals surface area contributed by atoms with Crippen molar-refractivity contribution >= 4 is 205 Å². The fourth-order valence-corrected chi connectivity index (χ4v) is 14.8. The third kappa shape index (κ3) is 2.13. The van der Waals surface area contributed by atoms with Gasteiger partial charge < -0.3 is 0 Å². The second-order valence-corrected chi connectivity index (χ2v) is 18.5. The van der Waals surface area contributed by atoms with Crippen molar-refractivity contribution in [2.75, 3.05) is 0 Å². The Morgan fingerprint density at radius 3 is 0.517 bits per heavy atom. The van der Waals surface area contributed by atoms with Gasteiger partial charge in [-0.25, -0.2) is 0 Å². The lowest BCUT2D eigenvalue weighted by molar-refractivity contribution is 1.82. The van der Waals surface area contributed by atoms with Crippen LogP contribution in [0.5, 0.6) is 0 Å². The minimum absolute atomic E-state index is 1.35. The highest BCUT2D eigenvalue weighted by Crippen LogP contribution is 2.64. The molecule has 0 N–H and O–H groups in total. The minimum atomic E-state index is 1.35. The maximum atomic E-state index is 2.56. The predicted octanol–water partition coefficient (Wildman–Crippen LogP) is 16.9. The number of benzene rings is 20. The lowest BCUT2D eigenvalue weighted by Crippen LogP contribution is -2.03. The Hall–Kier alpha value is -7.54. The molecular formula is C58H20. The van der Waals surface area contributed by atoms with Gasteiger partial charge in [0.05, 0.1) is 0 Å². The van der Waals surface area contributed by atoms with Crippen LogP contribution in [0.1, 0.15) is 0 Å². The molecule has 0 fully saturated rings. The van der Waals surface area contributed by atoms with Gasteiger partial charge >= 0.3 is 0 Å².